The van der Waals surface area contributed by atoms with Gasteiger partial charge in [-0.3, -0.25) is 0 Å². The van der Waals surface area contributed by atoms with Crippen LogP contribution in [0.3, 0.4) is 0 Å². The SMILES string of the molecule is COC(=O)c1c(OCc2ccccc2)c2ccc(Oc3cccc(OC)c3)cc2c2ncnn12. The van der Waals surface area contributed by atoms with Gasteiger partial charge in [0.15, 0.2) is 17.1 Å². The van der Waals surface area contributed by atoms with Crippen molar-refractivity contribution in [2.45, 2.75) is 6.61 Å². The summed E-state index contributed by atoms with van der Waals surface area (Å²) in [6.07, 6.45) is 1.39. The summed E-state index contributed by atoms with van der Waals surface area (Å²) < 4.78 is 24.0. The van der Waals surface area contributed by atoms with Crippen molar-refractivity contribution in [3.05, 3.63) is 90.4 Å². The molecule has 0 aliphatic rings. The van der Waals surface area contributed by atoms with Crippen molar-refractivity contribution < 1.29 is 23.7 Å². The summed E-state index contributed by atoms with van der Waals surface area (Å²) in [6.45, 7) is 0.266. The number of benzene rings is 3. The van der Waals surface area contributed by atoms with Crippen molar-refractivity contribution >= 4 is 22.4 Å². The van der Waals surface area contributed by atoms with Crippen molar-refractivity contribution in [3.63, 3.8) is 0 Å². The third-order valence-corrected chi connectivity index (χ3v) is 5.33. The Bertz CT molecular complexity index is 1480. The van der Waals surface area contributed by atoms with Crippen LogP contribution >= 0.6 is 0 Å². The van der Waals surface area contributed by atoms with Crippen LogP contribution in [-0.4, -0.2) is 34.8 Å². The Morgan fingerprint density at radius 2 is 1.68 bits per heavy atom. The van der Waals surface area contributed by atoms with Crippen LogP contribution in [0.5, 0.6) is 23.0 Å². The fourth-order valence-electron chi connectivity index (χ4n) is 3.73. The summed E-state index contributed by atoms with van der Waals surface area (Å²) >= 11 is 0. The Morgan fingerprint density at radius 3 is 2.47 bits per heavy atom. The fourth-order valence-corrected chi connectivity index (χ4v) is 3.73. The van der Waals surface area contributed by atoms with Gasteiger partial charge in [0.25, 0.3) is 0 Å². The Morgan fingerprint density at radius 1 is 0.882 bits per heavy atom. The number of carbonyl (C=O) groups excluding carboxylic acids is 1. The smallest absolute Gasteiger partial charge is 0.360 e. The largest absolute Gasteiger partial charge is 0.497 e. The number of aromatic nitrogens is 3. The second kappa shape index (κ2) is 9.11. The number of fused-ring (bicyclic) bond motifs is 3. The van der Waals surface area contributed by atoms with Crippen molar-refractivity contribution in [3.8, 4) is 23.0 Å². The van der Waals surface area contributed by atoms with Gasteiger partial charge in [-0.05, 0) is 35.9 Å². The first-order valence-electron chi connectivity index (χ1n) is 10.5. The van der Waals surface area contributed by atoms with Gasteiger partial charge in [0.1, 0.15) is 30.2 Å². The molecule has 0 unspecified atom stereocenters. The Labute approximate surface area is 195 Å². The highest BCUT2D eigenvalue weighted by atomic mass is 16.5. The van der Waals surface area contributed by atoms with Crippen LogP contribution in [0, 0.1) is 0 Å². The van der Waals surface area contributed by atoms with Gasteiger partial charge in [-0.1, -0.05) is 36.4 Å². The summed E-state index contributed by atoms with van der Waals surface area (Å²) in [5, 5.41) is 5.66. The molecule has 0 atom stereocenters. The second-order valence-corrected chi connectivity index (χ2v) is 7.43. The van der Waals surface area contributed by atoms with E-state index >= 15 is 0 Å². The molecule has 0 saturated carbocycles. The number of hydrogen-bond donors (Lipinski definition) is 0. The number of hydrogen-bond acceptors (Lipinski definition) is 7. The van der Waals surface area contributed by atoms with E-state index in [2.05, 4.69) is 10.1 Å². The van der Waals surface area contributed by atoms with E-state index in [1.807, 2.05) is 66.7 Å². The average molecular weight is 455 g/mol. The minimum Gasteiger partial charge on any atom is -0.497 e. The molecule has 5 aromatic rings. The highest BCUT2D eigenvalue weighted by Crippen LogP contribution is 2.36. The molecule has 2 aromatic heterocycles. The van der Waals surface area contributed by atoms with E-state index in [9.17, 15) is 4.79 Å². The van der Waals surface area contributed by atoms with Crippen molar-refractivity contribution in [1.29, 1.82) is 0 Å². The van der Waals surface area contributed by atoms with E-state index < -0.39 is 5.97 Å². The normalized spacial score (nSPS) is 10.9. The average Bonchev–Trinajstić information content (AvgIpc) is 3.37. The van der Waals surface area contributed by atoms with Crippen LogP contribution in [0.15, 0.2) is 79.1 Å². The van der Waals surface area contributed by atoms with Crippen LogP contribution in [-0.2, 0) is 11.3 Å². The van der Waals surface area contributed by atoms with E-state index in [0.29, 0.717) is 39.4 Å². The number of ether oxygens (including phenoxy) is 4. The maximum atomic E-state index is 12.7. The molecule has 0 spiro atoms. The summed E-state index contributed by atoms with van der Waals surface area (Å²) in [4.78, 5) is 17.1. The van der Waals surface area contributed by atoms with E-state index in [1.54, 1.807) is 13.2 Å². The lowest BCUT2D eigenvalue weighted by molar-refractivity contribution is 0.0585. The van der Waals surface area contributed by atoms with E-state index in [1.165, 1.54) is 18.0 Å². The molecule has 0 saturated heterocycles. The predicted octanol–water partition coefficient (Wildman–Crippen LogP) is 5.05. The number of esters is 1. The molecule has 0 fully saturated rings. The Kier molecular flexibility index (Phi) is 5.70. The lowest BCUT2D eigenvalue weighted by Crippen LogP contribution is -2.13. The first kappa shape index (κ1) is 21.3. The first-order chi connectivity index (χ1) is 16.7. The monoisotopic (exact) mass is 455 g/mol. The summed E-state index contributed by atoms with van der Waals surface area (Å²) in [7, 11) is 2.92. The third-order valence-electron chi connectivity index (χ3n) is 5.33. The number of rotatable bonds is 7. The molecule has 5 rings (SSSR count). The van der Waals surface area contributed by atoms with Gasteiger partial charge >= 0.3 is 5.97 Å². The maximum absolute atomic E-state index is 12.7. The highest BCUT2D eigenvalue weighted by molar-refractivity contribution is 6.05. The molecule has 0 bridgehead atoms. The van der Waals surface area contributed by atoms with Crippen LogP contribution < -0.4 is 14.2 Å². The molecule has 34 heavy (non-hydrogen) atoms. The standard InChI is InChI=1S/C26H21N3O5/c1-31-18-9-6-10-19(13-18)34-20-11-12-21-22(14-20)25-27-16-28-29(25)23(26(30)32-2)24(21)33-15-17-7-4-3-5-8-17/h3-14,16H,15H2,1-2H3. The molecule has 8 heteroatoms. The zero-order valence-electron chi connectivity index (χ0n) is 18.6. The van der Waals surface area contributed by atoms with Crippen LogP contribution in [0.1, 0.15) is 16.1 Å². The molecular formula is C26H21N3O5. The molecule has 3 aromatic carbocycles. The fraction of sp³-hybridized carbons (Fsp3) is 0.115. The van der Waals surface area contributed by atoms with E-state index in [-0.39, 0.29) is 12.3 Å². The van der Waals surface area contributed by atoms with Crippen molar-refractivity contribution in [2.24, 2.45) is 0 Å². The quantitative estimate of drug-likeness (QED) is 0.318. The predicted molar refractivity (Wildman–Crippen MR) is 126 cm³/mol. The second-order valence-electron chi connectivity index (χ2n) is 7.43. The van der Waals surface area contributed by atoms with Gasteiger partial charge in [0, 0.05) is 16.8 Å². The lowest BCUT2D eigenvalue weighted by atomic mass is 10.1. The molecule has 8 nitrogen and oxygen atoms in total. The van der Waals surface area contributed by atoms with Crippen LogP contribution in [0.4, 0.5) is 0 Å². The number of pyridine rings is 1. The molecule has 0 amide bonds. The van der Waals surface area contributed by atoms with Crippen molar-refractivity contribution in [1.82, 2.24) is 14.6 Å². The molecule has 0 aliphatic heterocycles. The zero-order chi connectivity index (χ0) is 23.5. The first-order valence-corrected chi connectivity index (χ1v) is 10.5. The van der Waals surface area contributed by atoms with Crippen LogP contribution in [0.25, 0.3) is 16.4 Å². The summed E-state index contributed by atoms with van der Waals surface area (Å²) in [6, 6.07) is 22.5. The number of methoxy groups -OCH3 is 2. The lowest BCUT2D eigenvalue weighted by Gasteiger charge is -2.16. The molecule has 0 radical (unpaired) electrons. The van der Waals surface area contributed by atoms with Gasteiger partial charge in [-0.2, -0.15) is 5.10 Å². The van der Waals surface area contributed by atoms with Gasteiger partial charge in [0.2, 0.25) is 0 Å². The van der Waals surface area contributed by atoms with Gasteiger partial charge < -0.3 is 18.9 Å². The molecule has 0 aliphatic carbocycles. The Balaban J connectivity index is 1.63. The topological polar surface area (TPSA) is 84.2 Å². The molecule has 170 valence electrons. The number of carbonyl (C=O) groups is 1. The molecule has 2 heterocycles. The molecular weight excluding hydrogens is 434 g/mol. The molecule has 0 N–H and O–H groups in total. The highest BCUT2D eigenvalue weighted by Gasteiger charge is 2.24. The Hall–Kier alpha value is -4.59. The maximum Gasteiger partial charge on any atom is 0.360 e. The van der Waals surface area contributed by atoms with Gasteiger partial charge in [0.05, 0.1) is 14.2 Å². The van der Waals surface area contributed by atoms with Gasteiger partial charge in [-0.15, -0.1) is 0 Å². The minimum atomic E-state index is -0.572. The minimum absolute atomic E-state index is 0.167. The summed E-state index contributed by atoms with van der Waals surface area (Å²) in [5.41, 5.74) is 1.61. The summed E-state index contributed by atoms with van der Waals surface area (Å²) in [5.74, 6) is 1.69. The zero-order valence-corrected chi connectivity index (χ0v) is 18.6. The van der Waals surface area contributed by atoms with Crippen molar-refractivity contribution in [2.75, 3.05) is 14.2 Å². The van der Waals surface area contributed by atoms with E-state index in [0.717, 1.165) is 5.56 Å². The van der Waals surface area contributed by atoms with Gasteiger partial charge in [-0.25, -0.2) is 14.3 Å². The van der Waals surface area contributed by atoms with E-state index in [4.69, 9.17) is 18.9 Å². The number of nitrogens with zero attached hydrogens (tertiary/aromatic N) is 3. The van der Waals surface area contributed by atoms with Crippen LogP contribution in [0.2, 0.25) is 0 Å². The third kappa shape index (κ3) is 3.97.